The van der Waals surface area contributed by atoms with Crippen LogP contribution >= 0.6 is 0 Å². The summed E-state index contributed by atoms with van der Waals surface area (Å²) in [5.41, 5.74) is -0.886. The smallest absolute Gasteiger partial charge is 0.303 e. The quantitative estimate of drug-likeness (QED) is 0.707. The lowest BCUT2D eigenvalue weighted by Crippen LogP contribution is -2.39. The van der Waals surface area contributed by atoms with Crippen LogP contribution in [-0.2, 0) is 4.79 Å². The maximum absolute atomic E-state index is 10.5. The molecule has 0 aliphatic rings. The van der Waals surface area contributed by atoms with Crippen molar-refractivity contribution in [1.82, 2.24) is 0 Å². The van der Waals surface area contributed by atoms with Crippen molar-refractivity contribution in [3.05, 3.63) is 0 Å². The van der Waals surface area contributed by atoms with Crippen molar-refractivity contribution in [2.24, 2.45) is 17.8 Å². The molecule has 0 radical (unpaired) electrons. The molecule has 0 amide bonds. The summed E-state index contributed by atoms with van der Waals surface area (Å²) in [6, 6.07) is 0. The average molecular weight is 230 g/mol. The third-order valence-electron chi connectivity index (χ3n) is 3.80. The van der Waals surface area contributed by atoms with E-state index in [9.17, 15) is 9.90 Å². The van der Waals surface area contributed by atoms with Crippen molar-refractivity contribution in [2.45, 2.75) is 59.5 Å². The van der Waals surface area contributed by atoms with Gasteiger partial charge in [0, 0.05) is 6.42 Å². The molecule has 0 saturated heterocycles. The van der Waals surface area contributed by atoms with Crippen molar-refractivity contribution in [3.63, 3.8) is 0 Å². The van der Waals surface area contributed by atoms with E-state index in [1.807, 2.05) is 6.92 Å². The van der Waals surface area contributed by atoms with Gasteiger partial charge < -0.3 is 10.2 Å². The number of aliphatic carboxylic acids is 1. The first-order chi connectivity index (χ1) is 7.22. The molecule has 0 aliphatic carbocycles. The number of aliphatic hydroxyl groups is 1. The number of carboxylic acids is 1. The summed E-state index contributed by atoms with van der Waals surface area (Å²) < 4.78 is 0. The highest BCUT2D eigenvalue weighted by atomic mass is 16.4. The Morgan fingerprint density at radius 3 is 2.12 bits per heavy atom. The van der Waals surface area contributed by atoms with E-state index in [4.69, 9.17) is 5.11 Å². The fourth-order valence-corrected chi connectivity index (χ4v) is 2.45. The first kappa shape index (κ1) is 15.4. The molecular formula is C13H26O3. The van der Waals surface area contributed by atoms with Crippen LogP contribution in [0.1, 0.15) is 53.9 Å². The predicted octanol–water partition coefficient (Wildman–Crippen LogP) is 2.92. The molecule has 0 bridgehead atoms. The van der Waals surface area contributed by atoms with Gasteiger partial charge >= 0.3 is 5.97 Å². The molecule has 2 N–H and O–H groups in total. The minimum atomic E-state index is -0.886. The molecule has 96 valence electrons. The highest BCUT2D eigenvalue weighted by Crippen LogP contribution is 2.34. The average Bonchev–Trinajstić information content (AvgIpc) is 2.15. The van der Waals surface area contributed by atoms with Gasteiger partial charge in [-0.05, 0) is 31.1 Å². The third kappa shape index (κ3) is 4.52. The fourth-order valence-electron chi connectivity index (χ4n) is 2.45. The molecule has 0 aromatic heterocycles. The molecule has 0 fully saturated rings. The largest absolute Gasteiger partial charge is 0.481 e. The van der Waals surface area contributed by atoms with Crippen molar-refractivity contribution in [3.8, 4) is 0 Å². The monoisotopic (exact) mass is 230 g/mol. The Labute approximate surface area is 98.9 Å². The Kier molecular flexibility index (Phi) is 6.01. The van der Waals surface area contributed by atoms with Crippen LogP contribution in [0.3, 0.4) is 0 Å². The molecule has 0 aromatic carbocycles. The first-order valence-electron chi connectivity index (χ1n) is 6.16. The minimum Gasteiger partial charge on any atom is -0.481 e. The Morgan fingerprint density at radius 1 is 1.31 bits per heavy atom. The molecule has 0 spiro atoms. The molecule has 0 aliphatic heterocycles. The molecule has 0 aromatic rings. The molecule has 3 nitrogen and oxygen atoms in total. The van der Waals surface area contributed by atoms with Gasteiger partial charge in [-0.2, -0.15) is 0 Å². The second-order valence-electron chi connectivity index (χ2n) is 5.36. The van der Waals surface area contributed by atoms with Gasteiger partial charge in [-0.1, -0.05) is 34.1 Å². The third-order valence-corrected chi connectivity index (χ3v) is 3.80. The summed E-state index contributed by atoms with van der Waals surface area (Å²) in [7, 11) is 0. The lowest BCUT2D eigenvalue weighted by atomic mass is 9.72. The Hall–Kier alpha value is -0.570. The zero-order valence-corrected chi connectivity index (χ0v) is 11.2. The fraction of sp³-hybridized carbons (Fsp3) is 0.923. The van der Waals surface area contributed by atoms with E-state index in [-0.39, 0.29) is 12.3 Å². The number of hydrogen-bond acceptors (Lipinski definition) is 2. The van der Waals surface area contributed by atoms with Crippen molar-refractivity contribution < 1.29 is 15.0 Å². The van der Waals surface area contributed by atoms with Crippen molar-refractivity contribution >= 4 is 5.97 Å². The normalized spacial score (nSPS) is 19.2. The summed E-state index contributed by atoms with van der Waals surface area (Å²) >= 11 is 0. The molecule has 16 heavy (non-hydrogen) atoms. The number of carbonyl (C=O) groups is 1. The highest BCUT2D eigenvalue weighted by molar-refractivity contribution is 5.66. The van der Waals surface area contributed by atoms with Crippen LogP contribution in [0.4, 0.5) is 0 Å². The molecule has 0 heterocycles. The van der Waals surface area contributed by atoms with Gasteiger partial charge in [0.2, 0.25) is 0 Å². The molecule has 3 unspecified atom stereocenters. The second kappa shape index (κ2) is 6.24. The zero-order chi connectivity index (χ0) is 12.9. The summed E-state index contributed by atoms with van der Waals surface area (Å²) in [6.45, 7) is 10.2. The maximum atomic E-state index is 10.5. The lowest BCUT2D eigenvalue weighted by molar-refractivity contribution is -0.139. The van der Waals surface area contributed by atoms with Gasteiger partial charge in [0.1, 0.15) is 0 Å². The first-order valence-corrected chi connectivity index (χ1v) is 6.16. The number of hydrogen-bond donors (Lipinski definition) is 2. The zero-order valence-electron chi connectivity index (χ0n) is 11.2. The van der Waals surface area contributed by atoms with Gasteiger partial charge in [-0.15, -0.1) is 0 Å². The van der Waals surface area contributed by atoms with E-state index in [0.29, 0.717) is 18.3 Å². The second-order valence-corrected chi connectivity index (χ2v) is 5.36. The van der Waals surface area contributed by atoms with Crippen LogP contribution in [0, 0.1) is 17.8 Å². The number of rotatable bonds is 7. The van der Waals surface area contributed by atoms with E-state index >= 15 is 0 Å². The van der Waals surface area contributed by atoms with Crippen LogP contribution in [0.2, 0.25) is 0 Å². The van der Waals surface area contributed by atoms with Gasteiger partial charge in [0.25, 0.3) is 0 Å². The van der Waals surface area contributed by atoms with Crippen LogP contribution in [0.15, 0.2) is 0 Å². The lowest BCUT2D eigenvalue weighted by Gasteiger charge is -2.37. The SMILES string of the molecule is CCC(C(C)C)C(C)C(C)(O)CCC(=O)O. The van der Waals surface area contributed by atoms with Crippen molar-refractivity contribution in [2.75, 3.05) is 0 Å². The van der Waals surface area contributed by atoms with Gasteiger partial charge in [-0.25, -0.2) is 0 Å². The highest BCUT2D eigenvalue weighted by Gasteiger charge is 2.34. The van der Waals surface area contributed by atoms with E-state index in [1.165, 1.54) is 0 Å². The van der Waals surface area contributed by atoms with Crippen LogP contribution in [0.25, 0.3) is 0 Å². The van der Waals surface area contributed by atoms with E-state index in [1.54, 1.807) is 6.92 Å². The standard InChI is InChI=1S/C13H26O3/c1-6-11(9(2)3)10(4)13(5,16)8-7-12(14)15/h9-11,16H,6-8H2,1-5H3,(H,14,15). The van der Waals surface area contributed by atoms with E-state index in [2.05, 4.69) is 20.8 Å². The maximum Gasteiger partial charge on any atom is 0.303 e. The predicted molar refractivity (Wildman–Crippen MR) is 65.3 cm³/mol. The molecule has 0 saturated carbocycles. The Balaban J connectivity index is 4.52. The van der Waals surface area contributed by atoms with E-state index < -0.39 is 11.6 Å². The summed E-state index contributed by atoms with van der Waals surface area (Å²) in [5, 5.41) is 19.0. The molecule has 3 atom stereocenters. The Bertz CT molecular complexity index is 221. The molecular weight excluding hydrogens is 204 g/mol. The van der Waals surface area contributed by atoms with E-state index in [0.717, 1.165) is 6.42 Å². The van der Waals surface area contributed by atoms with Gasteiger partial charge in [-0.3, -0.25) is 4.79 Å². The minimum absolute atomic E-state index is 0.0336. The van der Waals surface area contributed by atoms with Gasteiger partial charge in [0.15, 0.2) is 0 Å². The summed E-state index contributed by atoms with van der Waals surface area (Å²) in [5.74, 6) is 0.224. The van der Waals surface area contributed by atoms with Gasteiger partial charge in [0.05, 0.1) is 5.60 Å². The van der Waals surface area contributed by atoms with Crippen molar-refractivity contribution in [1.29, 1.82) is 0 Å². The molecule has 0 rings (SSSR count). The topological polar surface area (TPSA) is 57.5 Å². The Morgan fingerprint density at radius 2 is 1.81 bits per heavy atom. The summed E-state index contributed by atoms with van der Waals surface area (Å²) in [6.07, 6.45) is 1.38. The van der Waals surface area contributed by atoms with Crippen LogP contribution < -0.4 is 0 Å². The van der Waals surface area contributed by atoms with Crippen LogP contribution in [0.5, 0.6) is 0 Å². The summed E-state index contributed by atoms with van der Waals surface area (Å²) in [4.78, 5) is 10.5. The number of carboxylic acid groups (broad SMARTS) is 1. The molecule has 3 heteroatoms. The van der Waals surface area contributed by atoms with Crippen LogP contribution in [-0.4, -0.2) is 21.8 Å².